The molecular weight excluding hydrogens is 238 g/mol. The zero-order valence-corrected chi connectivity index (χ0v) is 10.1. The number of hydrogen-bond donors (Lipinski definition) is 3. The van der Waals surface area contributed by atoms with Crippen LogP contribution in [-0.2, 0) is 7.05 Å². The lowest BCUT2D eigenvalue weighted by Crippen LogP contribution is -2.29. The minimum Gasteiger partial charge on any atom is -0.384 e. The average Bonchev–Trinajstić information content (AvgIpc) is 2.65. The van der Waals surface area contributed by atoms with Crippen LogP contribution in [0.1, 0.15) is 17.2 Å². The zero-order chi connectivity index (χ0) is 12.4. The van der Waals surface area contributed by atoms with Crippen LogP contribution in [0.2, 0.25) is 5.02 Å². The maximum Gasteiger partial charge on any atom is 0.126 e. The summed E-state index contributed by atoms with van der Waals surface area (Å²) >= 11 is 5.85. The van der Waals surface area contributed by atoms with Crippen molar-refractivity contribution in [3.63, 3.8) is 0 Å². The topological polar surface area (TPSA) is 81.9 Å². The first kappa shape index (κ1) is 11.9. The van der Waals surface area contributed by atoms with E-state index in [1.165, 1.54) is 0 Å². The lowest BCUT2D eigenvalue weighted by Gasteiger charge is -2.15. The molecule has 0 spiro atoms. The van der Waals surface area contributed by atoms with Gasteiger partial charge in [-0.15, -0.1) is 0 Å². The fourth-order valence-corrected chi connectivity index (χ4v) is 1.83. The fraction of sp³-hybridized carbons (Fsp3) is 0.182. The van der Waals surface area contributed by atoms with E-state index in [0.29, 0.717) is 10.8 Å². The minimum absolute atomic E-state index is 0.194. The molecule has 5 nitrogen and oxygen atoms in total. The van der Waals surface area contributed by atoms with Gasteiger partial charge >= 0.3 is 0 Å². The van der Waals surface area contributed by atoms with E-state index in [9.17, 15) is 0 Å². The Morgan fingerprint density at radius 3 is 2.47 bits per heavy atom. The summed E-state index contributed by atoms with van der Waals surface area (Å²) in [6.45, 7) is 0. The number of hydrazine groups is 1. The predicted molar refractivity (Wildman–Crippen MR) is 68.2 cm³/mol. The summed E-state index contributed by atoms with van der Waals surface area (Å²) in [5.41, 5.74) is 10.5. The van der Waals surface area contributed by atoms with E-state index in [1.807, 2.05) is 24.3 Å². The number of aromatic nitrogens is 2. The molecule has 0 saturated carbocycles. The Hall–Kier alpha value is -1.56. The first-order chi connectivity index (χ1) is 8.13. The molecule has 0 amide bonds. The normalized spacial score (nSPS) is 12.6. The standard InChI is InChI=1S/C11H14ClN5/c1-17-11(13)9(6-15-17)10(16-14)7-2-4-8(12)5-3-7/h2-6,10,16H,13-14H2,1H3. The number of halogens is 1. The smallest absolute Gasteiger partial charge is 0.126 e. The Kier molecular flexibility index (Phi) is 3.33. The van der Waals surface area contributed by atoms with Crippen LogP contribution in [0.3, 0.4) is 0 Å². The van der Waals surface area contributed by atoms with Crippen molar-refractivity contribution in [2.45, 2.75) is 6.04 Å². The molecule has 0 bridgehead atoms. The number of nitrogens with two attached hydrogens (primary N) is 2. The van der Waals surface area contributed by atoms with Gasteiger partial charge in [0.15, 0.2) is 0 Å². The van der Waals surface area contributed by atoms with Crippen LogP contribution in [0.25, 0.3) is 0 Å². The van der Waals surface area contributed by atoms with E-state index in [-0.39, 0.29) is 6.04 Å². The summed E-state index contributed by atoms with van der Waals surface area (Å²) < 4.78 is 1.61. The van der Waals surface area contributed by atoms with Gasteiger partial charge < -0.3 is 5.73 Å². The van der Waals surface area contributed by atoms with Crippen LogP contribution in [0.4, 0.5) is 5.82 Å². The number of aryl methyl sites for hydroxylation is 1. The van der Waals surface area contributed by atoms with Crippen molar-refractivity contribution in [2.24, 2.45) is 12.9 Å². The lowest BCUT2D eigenvalue weighted by atomic mass is 10.0. The third-order valence-electron chi connectivity index (χ3n) is 2.70. The number of benzene rings is 1. The highest BCUT2D eigenvalue weighted by molar-refractivity contribution is 6.30. The van der Waals surface area contributed by atoms with Crippen LogP contribution >= 0.6 is 11.6 Å². The maximum absolute atomic E-state index is 5.93. The number of hydrogen-bond acceptors (Lipinski definition) is 4. The highest BCUT2D eigenvalue weighted by Gasteiger charge is 2.17. The molecule has 1 heterocycles. The number of nitrogens with zero attached hydrogens (tertiary/aromatic N) is 2. The third-order valence-corrected chi connectivity index (χ3v) is 2.95. The molecule has 0 aliphatic carbocycles. The van der Waals surface area contributed by atoms with Crippen LogP contribution in [0.5, 0.6) is 0 Å². The number of nitrogens with one attached hydrogen (secondary N) is 1. The van der Waals surface area contributed by atoms with Gasteiger partial charge in [0.25, 0.3) is 0 Å². The second kappa shape index (κ2) is 4.75. The van der Waals surface area contributed by atoms with Crippen molar-refractivity contribution < 1.29 is 0 Å². The van der Waals surface area contributed by atoms with Crippen molar-refractivity contribution >= 4 is 17.4 Å². The zero-order valence-electron chi connectivity index (χ0n) is 9.39. The molecule has 1 aromatic carbocycles. The molecule has 0 aliphatic rings. The fourth-order valence-electron chi connectivity index (χ4n) is 1.71. The molecule has 2 rings (SSSR count). The van der Waals surface area contributed by atoms with E-state index < -0.39 is 0 Å². The van der Waals surface area contributed by atoms with E-state index in [2.05, 4.69) is 10.5 Å². The Morgan fingerprint density at radius 1 is 1.35 bits per heavy atom. The number of anilines is 1. The van der Waals surface area contributed by atoms with Crippen molar-refractivity contribution in [1.82, 2.24) is 15.2 Å². The van der Waals surface area contributed by atoms with Crippen molar-refractivity contribution in [3.8, 4) is 0 Å². The van der Waals surface area contributed by atoms with Gasteiger partial charge in [0, 0.05) is 17.6 Å². The Morgan fingerprint density at radius 2 is 2.00 bits per heavy atom. The summed E-state index contributed by atoms with van der Waals surface area (Å²) in [6, 6.07) is 7.24. The van der Waals surface area contributed by atoms with Gasteiger partial charge in [-0.25, -0.2) is 5.43 Å². The molecule has 1 aromatic heterocycles. The molecule has 6 heteroatoms. The molecule has 0 aliphatic heterocycles. The van der Waals surface area contributed by atoms with E-state index in [0.717, 1.165) is 11.1 Å². The van der Waals surface area contributed by atoms with Crippen LogP contribution in [0.15, 0.2) is 30.5 Å². The molecule has 1 unspecified atom stereocenters. The van der Waals surface area contributed by atoms with Crippen molar-refractivity contribution in [2.75, 3.05) is 5.73 Å². The second-order valence-electron chi connectivity index (χ2n) is 3.76. The van der Waals surface area contributed by atoms with Gasteiger partial charge in [-0.2, -0.15) is 5.10 Å². The SMILES string of the molecule is Cn1ncc(C(NN)c2ccc(Cl)cc2)c1N. The summed E-state index contributed by atoms with van der Waals surface area (Å²) in [4.78, 5) is 0. The highest BCUT2D eigenvalue weighted by atomic mass is 35.5. The third kappa shape index (κ3) is 2.26. The lowest BCUT2D eigenvalue weighted by molar-refractivity contribution is 0.638. The number of nitrogen functional groups attached to an aromatic ring is 1. The van der Waals surface area contributed by atoms with Gasteiger partial charge in [0.05, 0.1) is 12.2 Å². The predicted octanol–water partition coefficient (Wildman–Crippen LogP) is 1.21. The van der Waals surface area contributed by atoms with Gasteiger partial charge in [-0.1, -0.05) is 23.7 Å². The first-order valence-corrected chi connectivity index (χ1v) is 5.50. The average molecular weight is 252 g/mol. The van der Waals surface area contributed by atoms with E-state index in [4.69, 9.17) is 23.2 Å². The first-order valence-electron chi connectivity index (χ1n) is 5.12. The monoisotopic (exact) mass is 251 g/mol. The Balaban J connectivity index is 2.40. The van der Waals surface area contributed by atoms with Gasteiger partial charge in [0.1, 0.15) is 5.82 Å². The molecule has 0 radical (unpaired) electrons. The van der Waals surface area contributed by atoms with E-state index in [1.54, 1.807) is 17.9 Å². The van der Waals surface area contributed by atoms with Gasteiger partial charge in [-0.05, 0) is 17.7 Å². The van der Waals surface area contributed by atoms with Crippen LogP contribution in [-0.4, -0.2) is 9.78 Å². The van der Waals surface area contributed by atoms with Crippen molar-refractivity contribution in [1.29, 1.82) is 0 Å². The largest absolute Gasteiger partial charge is 0.384 e. The van der Waals surface area contributed by atoms with Gasteiger partial charge in [-0.3, -0.25) is 10.5 Å². The Bertz CT molecular complexity index is 505. The van der Waals surface area contributed by atoms with Gasteiger partial charge in [0.2, 0.25) is 0 Å². The summed E-state index contributed by atoms with van der Waals surface area (Å²) in [5, 5.41) is 4.78. The quantitative estimate of drug-likeness (QED) is 0.566. The molecule has 17 heavy (non-hydrogen) atoms. The molecule has 0 saturated heterocycles. The minimum atomic E-state index is -0.194. The maximum atomic E-state index is 5.93. The summed E-state index contributed by atoms with van der Waals surface area (Å²) in [7, 11) is 1.79. The number of rotatable bonds is 3. The molecular formula is C11H14ClN5. The summed E-state index contributed by atoms with van der Waals surface area (Å²) in [5.74, 6) is 6.16. The Labute approximate surface area is 104 Å². The molecule has 0 fully saturated rings. The van der Waals surface area contributed by atoms with E-state index >= 15 is 0 Å². The van der Waals surface area contributed by atoms with Crippen LogP contribution < -0.4 is 17.0 Å². The van der Waals surface area contributed by atoms with Crippen molar-refractivity contribution in [3.05, 3.63) is 46.6 Å². The molecule has 2 aromatic rings. The molecule has 1 atom stereocenters. The van der Waals surface area contributed by atoms with Crippen LogP contribution in [0, 0.1) is 0 Å². The highest BCUT2D eigenvalue weighted by Crippen LogP contribution is 2.26. The molecule has 90 valence electrons. The second-order valence-corrected chi connectivity index (χ2v) is 4.20. The summed E-state index contributed by atoms with van der Waals surface area (Å²) in [6.07, 6.45) is 1.70. The molecule has 5 N–H and O–H groups in total.